The van der Waals surface area contributed by atoms with Gasteiger partial charge in [-0.1, -0.05) is 6.07 Å². The first kappa shape index (κ1) is 14.9. The van der Waals surface area contributed by atoms with Gasteiger partial charge in [0.1, 0.15) is 11.3 Å². The molecule has 104 valence electrons. The van der Waals surface area contributed by atoms with Crippen molar-refractivity contribution in [3.05, 3.63) is 30.1 Å². The highest BCUT2D eigenvalue weighted by Crippen LogP contribution is 2.05. The van der Waals surface area contributed by atoms with Crippen LogP contribution in [0.3, 0.4) is 0 Å². The number of carbonyl (C=O) groups is 2. The molecular weight excluding hydrogens is 246 g/mol. The van der Waals surface area contributed by atoms with Gasteiger partial charge in [-0.3, -0.25) is 9.78 Å². The molecular formula is C13H19N3O3. The molecule has 0 saturated carbocycles. The van der Waals surface area contributed by atoms with Gasteiger partial charge in [-0.2, -0.15) is 0 Å². The number of hydrogen-bond donors (Lipinski definition) is 2. The topological polar surface area (TPSA) is 80.3 Å². The number of rotatable bonds is 4. The van der Waals surface area contributed by atoms with E-state index in [9.17, 15) is 9.59 Å². The van der Waals surface area contributed by atoms with Crippen molar-refractivity contribution in [2.45, 2.75) is 26.4 Å². The van der Waals surface area contributed by atoms with Crippen molar-refractivity contribution in [3.63, 3.8) is 0 Å². The highest BCUT2D eigenvalue weighted by molar-refractivity contribution is 5.92. The smallest absolute Gasteiger partial charge is 0.407 e. The predicted octanol–water partition coefficient (Wildman–Crippen LogP) is 1.34. The minimum atomic E-state index is -0.526. The quantitative estimate of drug-likeness (QED) is 0.805. The molecule has 1 heterocycles. The van der Waals surface area contributed by atoms with Crippen molar-refractivity contribution in [2.24, 2.45) is 0 Å². The van der Waals surface area contributed by atoms with Crippen molar-refractivity contribution in [1.29, 1.82) is 0 Å². The van der Waals surface area contributed by atoms with Gasteiger partial charge in [0.15, 0.2) is 0 Å². The average molecular weight is 265 g/mol. The van der Waals surface area contributed by atoms with Crippen LogP contribution >= 0.6 is 0 Å². The van der Waals surface area contributed by atoms with Crippen LogP contribution in [0.1, 0.15) is 31.3 Å². The van der Waals surface area contributed by atoms with E-state index in [1.54, 1.807) is 45.2 Å². The Hall–Kier alpha value is -2.11. The summed E-state index contributed by atoms with van der Waals surface area (Å²) in [6.45, 7) is 5.97. The Morgan fingerprint density at radius 2 is 1.89 bits per heavy atom. The fourth-order valence-electron chi connectivity index (χ4n) is 1.24. The predicted molar refractivity (Wildman–Crippen MR) is 70.8 cm³/mol. The maximum atomic E-state index is 11.6. The van der Waals surface area contributed by atoms with Crippen LogP contribution in [0.4, 0.5) is 4.79 Å². The van der Waals surface area contributed by atoms with E-state index in [-0.39, 0.29) is 5.91 Å². The fraction of sp³-hybridized carbons (Fsp3) is 0.462. The summed E-state index contributed by atoms with van der Waals surface area (Å²) in [7, 11) is 0. The summed E-state index contributed by atoms with van der Waals surface area (Å²) < 4.78 is 5.05. The number of alkyl carbamates (subject to hydrolysis) is 1. The molecule has 0 aliphatic rings. The van der Waals surface area contributed by atoms with E-state index in [1.165, 1.54) is 0 Å². The van der Waals surface area contributed by atoms with Crippen molar-refractivity contribution < 1.29 is 14.3 Å². The van der Waals surface area contributed by atoms with Crippen LogP contribution in [0.15, 0.2) is 24.4 Å². The molecule has 1 aromatic heterocycles. The molecule has 1 aromatic rings. The minimum Gasteiger partial charge on any atom is -0.444 e. The van der Waals surface area contributed by atoms with Gasteiger partial charge in [0.25, 0.3) is 5.91 Å². The van der Waals surface area contributed by atoms with Crippen LogP contribution in [0.25, 0.3) is 0 Å². The Bertz CT molecular complexity index is 427. The molecule has 0 atom stereocenters. The number of aromatic nitrogens is 1. The maximum Gasteiger partial charge on any atom is 0.407 e. The average Bonchev–Trinajstić information content (AvgIpc) is 2.33. The van der Waals surface area contributed by atoms with E-state index in [1.807, 2.05) is 0 Å². The first-order valence-electron chi connectivity index (χ1n) is 6.04. The number of amides is 2. The van der Waals surface area contributed by atoms with E-state index >= 15 is 0 Å². The van der Waals surface area contributed by atoms with Gasteiger partial charge in [-0.25, -0.2) is 4.79 Å². The third kappa shape index (κ3) is 6.40. The van der Waals surface area contributed by atoms with E-state index in [0.29, 0.717) is 18.8 Å². The van der Waals surface area contributed by atoms with Gasteiger partial charge in [0, 0.05) is 19.3 Å². The third-order valence-corrected chi connectivity index (χ3v) is 1.98. The molecule has 0 bridgehead atoms. The Balaban J connectivity index is 2.21. The molecule has 2 amide bonds. The Morgan fingerprint density at radius 1 is 1.21 bits per heavy atom. The summed E-state index contributed by atoms with van der Waals surface area (Å²) in [5.74, 6) is -0.272. The lowest BCUT2D eigenvalue weighted by molar-refractivity contribution is 0.0526. The highest BCUT2D eigenvalue weighted by atomic mass is 16.6. The van der Waals surface area contributed by atoms with Crippen molar-refractivity contribution in [2.75, 3.05) is 13.1 Å². The summed E-state index contributed by atoms with van der Waals surface area (Å²) in [6, 6.07) is 5.10. The molecule has 0 spiro atoms. The number of nitrogens with zero attached hydrogens (tertiary/aromatic N) is 1. The summed E-state index contributed by atoms with van der Waals surface area (Å²) in [5.41, 5.74) is -0.179. The van der Waals surface area contributed by atoms with E-state index in [4.69, 9.17) is 4.74 Å². The second-order valence-corrected chi connectivity index (χ2v) is 4.90. The lowest BCUT2D eigenvalue weighted by atomic mass is 10.2. The second kappa shape index (κ2) is 6.72. The highest BCUT2D eigenvalue weighted by Gasteiger charge is 2.15. The first-order chi connectivity index (χ1) is 8.88. The molecule has 0 unspecified atom stereocenters. The zero-order chi connectivity index (χ0) is 14.3. The fourth-order valence-corrected chi connectivity index (χ4v) is 1.24. The molecule has 0 aromatic carbocycles. The van der Waals surface area contributed by atoms with E-state index in [0.717, 1.165) is 0 Å². The molecule has 0 saturated heterocycles. The largest absolute Gasteiger partial charge is 0.444 e. The van der Waals surface area contributed by atoms with Crippen molar-refractivity contribution >= 4 is 12.0 Å². The number of ether oxygens (including phenoxy) is 1. The number of hydrogen-bond acceptors (Lipinski definition) is 4. The Kier molecular flexibility index (Phi) is 5.29. The van der Waals surface area contributed by atoms with Crippen molar-refractivity contribution in [1.82, 2.24) is 15.6 Å². The van der Waals surface area contributed by atoms with Crippen LogP contribution in [0, 0.1) is 0 Å². The summed E-state index contributed by atoms with van der Waals surface area (Å²) in [6.07, 6.45) is 1.05. The minimum absolute atomic E-state index is 0.272. The van der Waals surface area contributed by atoms with E-state index in [2.05, 4.69) is 15.6 Å². The van der Waals surface area contributed by atoms with Gasteiger partial charge >= 0.3 is 6.09 Å². The maximum absolute atomic E-state index is 11.6. The Morgan fingerprint density at radius 3 is 2.47 bits per heavy atom. The van der Waals surface area contributed by atoms with Crippen LogP contribution < -0.4 is 10.6 Å². The zero-order valence-electron chi connectivity index (χ0n) is 11.4. The molecule has 2 N–H and O–H groups in total. The first-order valence-corrected chi connectivity index (χ1v) is 6.04. The van der Waals surface area contributed by atoms with Crippen LogP contribution in [0.2, 0.25) is 0 Å². The molecule has 1 rings (SSSR count). The lowest BCUT2D eigenvalue weighted by Gasteiger charge is -2.19. The van der Waals surface area contributed by atoms with E-state index < -0.39 is 11.7 Å². The van der Waals surface area contributed by atoms with Gasteiger partial charge in [-0.15, -0.1) is 0 Å². The monoisotopic (exact) mass is 265 g/mol. The van der Waals surface area contributed by atoms with Crippen LogP contribution in [0.5, 0.6) is 0 Å². The standard InChI is InChI=1S/C13H19N3O3/c1-13(2,3)19-12(18)16-9-8-15-11(17)10-6-4-5-7-14-10/h4-7H,8-9H2,1-3H3,(H,15,17)(H,16,18). The van der Waals surface area contributed by atoms with Crippen molar-refractivity contribution in [3.8, 4) is 0 Å². The summed E-state index contributed by atoms with van der Waals surface area (Å²) >= 11 is 0. The van der Waals surface area contributed by atoms with Gasteiger partial charge < -0.3 is 15.4 Å². The SMILES string of the molecule is CC(C)(C)OC(=O)NCCNC(=O)c1ccccn1. The summed E-state index contributed by atoms with van der Waals surface area (Å²) in [4.78, 5) is 26.8. The number of pyridine rings is 1. The Labute approximate surface area is 112 Å². The van der Waals surface area contributed by atoms with Gasteiger partial charge in [0.05, 0.1) is 0 Å². The molecule has 0 radical (unpaired) electrons. The molecule has 0 aliphatic carbocycles. The van der Waals surface area contributed by atoms with Gasteiger partial charge in [-0.05, 0) is 32.9 Å². The van der Waals surface area contributed by atoms with Crippen LogP contribution in [-0.2, 0) is 4.74 Å². The number of nitrogens with one attached hydrogen (secondary N) is 2. The zero-order valence-corrected chi connectivity index (χ0v) is 11.4. The number of carbonyl (C=O) groups excluding carboxylic acids is 2. The van der Waals surface area contributed by atoms with Gasteiger partial charge in [0.2, 0.25) is 0 Å². The molecule has 0 aliphatic heterocycles. The molecule has 6 heteroatoms. The lowest BCUT2D eigenvalue weighted by Crippen LogP contribution is -2.38. The van der Waals surface area contributed by atoms with Crippen LogP contribution in [-0.4, -0.2) is 35.7 Å². The third-order valence-electron chi connectivity index (χ3n) is 1.98. The molecule has 6 nitrogen and oxygen atoms in total. The second-order valence-electron chi connectivity index (χ2n) is 4.90. The molecule has 19 heavy (non-hydrogen) atoms. The normalized spacial score (nSPS) is 10.7. The molecule has 0 fully saturated rings. The summed E-state index contributed by atoms with van der Waals surface area (Å²) in [5, 5.41) is 5.20.